The largest absolute Gasteiger partial charge is 0.486 e. The Hall–Kier alpha value is -8.05. The fourth-order valence-electron chi connectivity index (χ4n) is 10.3. The van der Waals surface area contributed by atoms with Crippen molar-refractivity contribution in [2.24, 2.45) is 0 Å². The lowest BCUT2D eigenvalue weighted by Crippen LogP contribution is -2.33. The lowest BCUT2D eigenvalue weighted by molar-refractivity contribution is 0.0428. The van der Waals surface area contributed by atoms with Gasteiger partial charge in [0.15, 0.2) is 23.0 Å². The van der Waals surface area contributed by atoms with Crippen molar-refractivity contribution in [2.75, 3.05) is 100 Å². The minimum absolute atomic E-state index is 0.0470. The normalized spacial score (nSPS) is 16.5. The highest BCUT2D eigenvalue weighted by Crippen LogP contribution is 2.34. The lowest BCUT2D eigenvalue weighted by Gasteiger charge is -2.22. The van der Waals surface area contributed by atoms with Crippen LogP contribution in [0.5, 0.6) is 23.0 Å². The van der Waals surface area contributed by atoms with Crippen LogP contribution in [0.2, 0.25) is 0 Å². The van der Waals surface area contributed by atoms with Gasteiger partial charge in [-0.25, -0.2) is 13.8 Å². The number of carbonyl (C=O) groups excluding carboxylic acids is 4. The minimum Gasteiger partial charge on any atom is -0.486 e. The van der Waals surface area contributed by atoms with E-state index < -0.39 is 35.3 Å². The molecule has 0 aliphatic carbocycles. The number of nitrogens with zero attached hydrogens (tertiary/aromatic N) is 4. The molecule has 1 atom stereocenters. The molecule has 12 rings (SSSR count). The lowest BCUT2D eigenvalue weighted by atomic mass is 10.1. The minimum atomic E-state index is -0.641. The number of rotatable bonds is 16. The fraction of sp³-hybridized carbons (Fsp3) is 0.283. The summed E-state index contributed by atoms with van der Waals surface area (Å²) in [7, 11) is 0. The Kier molecular flexibility index (Phi) is 15.9. The van der Waals surface area contributed by atoms with Gasteiger partial charge in [-0.05, 0) is 134 Å². The van der Waals surface area contributed by atoms with E-state index >= 15 is 0 Å². The topological polar surface area (TPSA) is 185 Å². The Bertz CT molecular complexity index is 3710. The van der Waals surface area contributed by atoms with Gasteiger partial charge in [-0.2, -0.15) is 0 Å². The Balaban J connectivity index is 0.572. The number of hydrogen-bond donors (Lipinski definition) is 4. The number of benzene rings is 5. The van der Waals surface area contributed by atoms with Crippen molar-refractivity contribution in [1.29, 1.82) is 0 Å². The van der Waals surface area contributed by atoms with Crippen LogP contribution in [-0.4, -0.2) is 128 Å². The monoisotopic (exact) mass is 1130 g/mol. The average Bonchev–Trinajstić information content (AvgIpc) is 4.33. The van der Waals surface area contributed by atoms with Gasteiger partial charge in [-0.3, -0.25) is 33.9 Å². The first kappa shape index (κ1) is 53.6. The molecule has 81 heavy (non-hydrogen) atoms. The number of ether oxygens (including phenoxy) is 5. The molecule has 7 heterocycles. The van der Waals surface area contributed by atoms with E-state index in [-0.39, 0.29) is 17.5 Å². The van der Waals surface area contributed by atoms with Gasteiger partial charge in [-0.15, -0.1) is 22.7 Å². The molecule has 0 spiro atoms. The Morgan fingerprint density at radius 3 is 1.81 bits per heavy atom. The summed E-state index contributed by atoms with van der Waals surface area (Å²) >= 11 is 2.59. The van der Waals surface area contributed by atoms with Crippen LogP contribution in [0.15, 0.2) is 115 Å². The summed E-state index contributed by atoms with van der Waals surface area (Å²) in [4.78, 5) is 66.6. The highest BCUT2D eigenvalue weighted by molar-refractivity contribution is 7.21. The number of fused-ring (bicyclic) bond motifs is 4. The van der Waals surface area contributed by atoms with Gasteiger partial charge in [0.05, 0.1) is 39.5 Å². The van der Waals surface area contributed by atoms with Crippen LogP contribution in [-0.2, 0) is 17.8 Å². The van der Waals surface area contributed by atoms with Gasteiger partial charge >= 0.3 is 0 Å². The van der Waals surface area contributed by atoms with Crippen molar-refractivity contribution in [3.63, 3.8) is 0 Å². The maximum Gasteiger partial charge on any atom is 0.265 e. The van der Waals surface area contributed by atoms with Crippen LogP contribution in [0.1, 0.15) is 64.2 Å². The van der Waals surface area contributed by atoms with Crippen molar-refractivity contribution in [3.05, 3.63) is 159 Å². The van der Waals surface area contributed by atoms with Gasteiger partial charge in [0.2, 0.25) is 0 Å². The third-order valence-corrected chi connectivity index (χ3v) is 16.6. The summed E-state index contributed by atoms with van der Waals surface area (Å²) < 4.78 is 59.6. The quantitative estimate of drug-likeness (QED) is 0.0717. The van der Waals surface area contributed by atoms with E-state index in [4.69, 9.17) is 28.7 Å². The molecular formula is C60H56F2N8O9S2. The average molecular weight is 1140 g/mol. The molecule has 4 aliphatic rings. The summed E-state index contributed by atoms with van der Waals surface area (Å²) in [5.41, 5.74) is 3.25. The highest BCUT2D eigenvalue weighted by atomic mass is 32.1. The van der Waals surface area contributed by atoms with E-state index in [2.05, 4.69) is 48.1 Å². The van der Waals surface area contributed by atoms with Crippen LogP contribution < -0.4 is 40.2 Å². The smallest absolute Gasteiger partial charge is 0.265 e. The number of thiophene rings is 2. The van der Waals surface area contributed by atoms with Gasteiger partial charge in [0.1, 0.15) is 42.9 Å². The molecule has 5 aromatic carbocycles. The second-order valence-corrected chi connectivity index (χ2v) is 22.3. The maximum atomic E-state index is 15.0. The zero-order valence-corrected chi connectivity index (χ0v) is 45.5. The van der Waals surface area contributed by atoms with Crippen LogP contribution in [0.4, 0.5) is 31.5 Å². The highest BCUT2D eigenvalue weighted by Gasteiger charge is 2.26. The molecule has 0 bridgehead atoms. The van der Waals surface area contributed by atoms with Crippen molar-refractivity contribution >= 4 is 89.4 Å². The molecule has 0 saturated carbocycles. The molecule has 3 aromatic heterocycles. The van der Waals surface area contributed by atoms with Gasteiger partial charge < -0.3 is 45.0 Å². The number of hydrogen-bond acceptors (Lipinski definition) is 15. The van der Waals surface area contributed by atoms with Gasteiger partial charge in [-0.1, -0.05) is 18.2 Å². The standard InChI is InChI=1S/C60H56F2N8O9S2/c61-45-10-8-41(63-56(71)38-5-12-49-51(27-38)78-24-22-76-49)31-47(45)66-58(73)54-29-37-3-2-36(26-53(37)80-54)33-69-16-1-15-68(18-19-69)20-21-75-44-14-17-70(35-44)34-43-7-4-40-30-55(81-60(40)65-43)59(74)67-48-32-42(9-11-46(48)62)64-57(72)39-6-13-50-52(28-39)79-25-23-77-50/h2-13,26-32,44H,1,14-25,33-35H2,(H,63,71)(H,64,72)(H,66,73)(H,67,74)/t44-/m0/s1. The van der Waals surface area contributed by atoms with E-state index in [1.54, 1.807) is 42.5 Å². The summed E-state index contributed by atoms with van der Waals surface area (Å²) in [5, 5.41) is 12.6. The number of carbonyl (C=O) groups is 4. The molecule has 21 heteroatoms. The Morgan fingerprint density at radius 2 is 1.15 bits per heavy atom. The summed E-state index contributed by atoms with van der Waals surface area (Å²) in [6.45, 7) is 10.1. The molecule has 4 amide bonds. The van der Waals surface area contributed by atoms with E-state index in [9.17, 15) is 28.0 Å². The first-order chi connectivity index (χ1) is 39.5. The Labute approximate surface area is 472 Å². The molecule has 4 N–H and O–H groups in total. The molecule has 0 radical (unpaired) electrons. The maximum absolute atomic E-state index is 15.0. The molecular weight excluding hydrogens is 1080 g/mol. The second kappa shape index (κ2) is 24.0. The number of nitrogens with one attached hydrogen (secondary N) is 4. The van der Waals surface area contributed by atoms with Crippen molar-refractivity contribution in [2.45, 2.75) is 32.0 Å². The zero-order valence-electron chi connectivity index (χ0n) is 43.9. The zero-order chi connectivity index (χ0) is 55.4. The number of aromatic nitrogens is 1. The number of anilines is 4. The van der Waals surface area contributed by atoms with Crippen molar-refractivity contribution in [1.82, 2.24) is 19.7 Å². The predicted molar refractivity (Wildman–Crippen MR) is 307 cm³/mol. The van der Waals surface area contributed by atoms with Gasteiger partial charge in [0.25, 0.3) is 23.6 Å². The van der Waals surface area contributed by atoms with Crippen LogP contribution in [0.3, 0.4) is 0 Å². The molecule has 8 aromatic rings. The van der Waals surface area contributed by atoms with Crippen LogP contribution >= 0.6 is 22.7 Å². The summed E-state index contributed by atoms with van der Waals surface area (Å²) in [5.74, 6) is -0.949. The molecule has 0 unspecified atom stereocenters. The fourth-order valence-corrected chi connectivity index (χ4v) is 12.3. The van der Waals surface area contributed by atoms with Crippen LogP contribution in [0, 0.1) is 11.6 Å². The van der Waals surface area contributed by atoms with E-state index in [1.165, 1.54) is 59.1 Å². The summed E-state index contributed by atoms with van der Waals surface area (Å²) in [6, 6.07) is 31.6. The van der Waals surface area contributed by atoms with E-state index in [0.717, 1.165) is 91.9 Å². The SMILES string of the molecule is O=C(Nc1ccc(F)c(NC(=O)c2cc3ccc(CN4CCCN(CCO[C@H]5CCN(Cc6ccc7cc(C(=O)Nc8cc(NC(=O)c9ccc%10c(c9)OCCO%10)ccc8F)sc7n6)C5)CC4)cc3s2)c1)c1ccc2c(c1)OCCO2. The van der Waals surface area contributed by atoms with E-state index in [0.29, 0.717) is 99.7 Å². The first-order valence-electron chi connectivity index (χ1n) is 26.8. The molecule has 2 fully saturated rings. The molecule has 17 nitrogen and oxygen atoms in total. The molecule has 2 saturated heterocycles. The Morgan fingerprint density at radius 1 is 0.556 bits per heavy atom. The predicted octanol–water partition coefficient (Wildman–Crippen LogP) is 10.1. The van der Waals surface area contributed by atoms with Crippen molar-refractivity contribution in [3.8, 4) is 23.0 Å². The number of likely N-dealkylation sites (tertiary alicyclic amines) is 1. The van der Waals surface area contributed by atoms with Crippen LogP contribution in [0.25, 0.3) is 20.3 Å². The molecule has 416 valence electrons. The second-order valence-electron chi connectivity index (χ2n) is 20.2. The molecule has 4 aliphatic heterocycles. The third-order valence-electron chi connectivity index (χ3n) is 14.5. The third kappa shape index (κ3) is 12.8. The number of halogens is 2. The summed E-state index contributed by atoms with van der Waals surface area (Å²) in [6.07, 6.45) is 2.09. The first-order valence-corrected chi connectivity index (χ1v) is 28.5. The number of amides is 4. The van der Waals surface area contributed by atoms with E-state index in [1.807, 2.05) is 24.3 Å². The number of pyridine rings is 1. The van der Waals surface area contributed by atoms with Crippen molar-refractivity contribution < 1.29 is 51.6 Å². The van der Waals surface area contributed by atoms with Gasteiger partial charge in [0, 0.05) is 78.4 Å².